The summed E-state index contributed by atoms with van der Waals surface area (Å²) in [5.41, 5.74) is 9.27. The fourth-order valence-corrected chi connectivity index (χ4v) is 5.92. The molecule has 4 aromatic carbocycles. The second kappa shape index (κ2) is 9.62. The van der Waals surface area contributed by atoms with Crippen LogP contribution in [0.2, 0.25) is 0 Å². The molecule has 6 rings (SSSR count). The molecular formula is C34H33N2+. The Kier molecular flexibility index (Phi) is 6.03. The van der Waals surface area contributed by atoms with Gasteiger partial charge in [0, 0.05) is 28.7 Å². The molecule has 0 aliphatic carbocycles. The number of hydrogen-bond donors (Lipinski definition) is 0. The van der Waals surface area contributed by atoms with E-state index in [4.69, 9.17) is 0 Å². The van der Waals surface area contributed by atoms with E-state index in [9.17, 15) is 0 Å². The molecule has 5 aromatic rings. The van der Waals surface area contributed by atoms with E-state index in [1.807, 2.05) is 0 Å². The van der Waals surface area contributed by atoms with Gasteiger partial charge in [-0.15, -0.1) is 0 Å². The van der Waals surface area contributed by atoms with Gasteiger partial charge in [-0.25, -0.2) is 9.13 Å². The van der Waals surface area contributed by atoms with Crippen molar-refractivity contribution in [1.29, 1.82) is 0 Å². The van der Waals surface area contributed by atoms with Crippen LogP contribution in [0, 0.1) is 5.92 Å². The summed E-state index contributed by atoms with van der Waals surface area (Å²) in [7, 11) is 0. The maximum atomic E-state index is 2.59. The normalized spacial score (nSPS) is 14.6. The quantitative estimate of drug-likeness (QED) is 0.224. The molecule has 2 heteroatoms. The minimum Gasteiger partial charge on any atom is -0.226 e. The molecule has 0 unspecified atom stereocenters. The SMILES string of the molecule is CC(C)C[C@H]1Cc2ccccc2-c2c(-c3ccccc3)n(C(c3ccccc3)c3ccccc3)c[n+]21. The predicted molar refractivity (Wildman–Crippen MR) is 148 cm³/mol. The van der Waals surface area contributed by atoms with Crippen LogP contribution in [0.1, 0.15) is 49.0 Å². The zero-order valence-electron chi connectivity index (χ0n) is 21.1. The Balaban J connectivity index is 1.68. The number of imidazole rings is 1. The van der Waals surface area contributed by atoms with Gasteiger partial charge in [0.2, 0.25) is 6.33 Å². The third-order valence-electron chi connectivity index (χ3n) is 7.41. The fraction of sp³-hybridized carbons (Fsp3) is 0.206. The van der Waals surface area contributed by atoms with E-state index in [2.05, 4.69) is 145 Å². The lowest BCUT2D eigenvalue weighted by Gasteiger charge is -2.24. The van der Waals surface area contributed by atoms with Gasteiger partial charge in [0.25, 0.3) is 0 Å². The molecule has 0 radical (unpaired) electrons. The monoisotopic (exact) mass is 469 g/mol. The van der Waals surface area contributed by atoms with Crippen molar-refractivity contribution in [3.8, 4) is 22.5 Å². The summed E-state index contributed by atoms with van der Waals surface area (Å²) in [6.45, 7) is 4.68. The molecule has 1 aliphatic heterocycles. The smallest absolute Gasteiger partial charge is 0.226 e. The van der Waals surface area contributed by atoms with Crippen LogP contribution in [0.4, 0.5) is 0 Å². The number of rotatable bonds is 6. The number of benzene rings is 4. The van der Waals surface area contributed by atoms with E-state index in [-0.39, 0.29) is 6.04 Å². The van der Waals surface area contributed by atoms with Gasteiger partial charge in [-0.05, 0) is 17.9 Å². The average molecular weight is 470 g/mol. The molecule has 0 saturated heterocycles. The van der Waals surface area contributed by atoms with Gasteiger partial charge < -0.3 is 0 Å². The molecule has 1 aliphatic rings. The highest BCUT2D eigenvalue weighted by Gasteiger charge is 2.38. The van der Waals surface area contributed by atoms with E-state index < -0.39 is 0 Å². The molecule has 0 fully saturated rings. The lowest BCUT2D eigenvalue weighted by molar-refractivity contribution is -0.715. The van der Waals surface area contributed by atoms with Gasteiger partial charge >= 0.3 is 0 Å². The van der Waals surface area contributed by atoms with Crippen molar-refractivity contribution in [2.45, 2.75) is 38.8 Å². The van der Waals surface area contributed by atoms with Crippen molar-refractivity contribution in [3.05, 3.63) is 138 Å². The fourth-order valence-electron chi connectivity index (χ4n) is 5.92. The Bertz CT molecular complexity index is 1410. The highest BCUT2D eigenvalue weighted by molar-refractivity contribution is 5.79. The van der Waals surface area contributed by atoms with Crippen LogP contribution in [-0.2, 0) is 6.42 Å². The number of fused-ring (bicyclic) bond motifs is 3. The van der Waals surface area contributed by atoms with E-state index in [1.54, 1.807) is 0 Å². The van der Waals surface area contributed by atoms with Gasteiger partial charge in [0.15, 0.2) is 17.4 Å². The topological polar surface area (TPSA) is 8.81 Å². The van der Waals surface area contributed by atoms with Crippen molar-refractivity contribution in [2.24, 2.45) is 5.92 Å². The zero-order chi connectivity index (χ0) is 24.5. The Morgan fingerprint density at radius 2 is 1.28 bits per heavy atom. The van der Waals surface area contributed by atoms with Crippen molar-refractivity contribution < 1.29 is 4.57 Å². The molecule has 0 N–H and O–H groups in total. The van der Waals surface area contributed by atoms with Crippen LogP contribution in [0.25, 0.3) is 22.5 Å². The van der Waals surface area contributed by atoms with E-state index in [0.717, 1.165) is 12.8 Å². The number of nitrogens with zero attached hydrogens (tertiary/aromatic N) is 2. The van der Waals surface area contributed by atoms with Gasteiger partial charge in [0.1, 0.15) is 6.04 Å². The van der Waals surface area contributed by atoms with E-state index in [0.29, 0.717) is 12.0 Å². The summed E-state index contributed by atoms with van der Waals surface area (Å²) >= 11 is 0. The molecule has 0 amide bonds. The van der Waals surface area contributed by atoms with Crippen LogP contribution < -0.4 is 4.57 Å². The first kappa shape index (κ1) is 22.5. The summed E-state index contributed by atoms with van der Waals surface area (Å²) in [6.07, 6.45) is 4.64. The highest BCUT2D eigenvalue weighted by atomic mass is 15.2. The van der Waals surface area contributed by atoms with Gasteiger partial charge in [-0.1, -0.05) is 129 Å². The van der Waals surface area contributed by atoms with Crippen LogP contribution in [0.3, 0.4) is 0 Å². The largest absolute Gasteiger partial charge is 0.245 e. The minimum absolute atomic E-state index is 0.0765. The molecule has 1 atom stereocenters. The second-order valence-electron chi connectivity index (χ2n) is 10.4. The molecule has 0 saturated carbocycles. The van der Waals surface area contributed by atoms with Crippen LogP contribution in [0.15, 0.2) is 122 Å². The van der Waals surface area contributed by atoms with E-state index >= 15 is 0 Å². The molecule has 0 spiro atoms. The maximum absolute atomic E-state index is 2.59. The van der Waals surface area contributed by atoms with Crippen molar-refractivity contribution in [3.63, 3.8) is 0 Å². The Hall–Kier alpha value is -3.91. The molecule has 0 bridgehead atoms. The van der Waals surface area contributed by atoms with Crippen LogP contribution >= 0.6 is 0 Å². The third-order valence-corrected chi connectivity index (χ3v) is 7.41. The summed E-state index contributed by atoms with van der Waals surface area (Å²) in [6, 6.07) is 42.3. The standard InChI is InChI=1S/C34H33N2/c1-25(2)22-30-23-29-20-12-13-21-31(29)34-33(28-18-10-5-11-19-28)36(24-35(30)34)32(26-14-6-3-7-15-26)27-16-8-4-9-17-27/h3-21,24-25,30,32H,22-23H2,1-2H3/q+1/t30-/m0/s1. The summed E-state index contributed by atoms with van der Waals surface area (Å²) in [5, 5.41) is 0. The van der Waals surface area contributed by atoms with Crippen LogP contribution in [-0.4, -0.2) is 4.57 Å². The molecule has 2 nitrogen and oxygen atoms in total. The Morgan fingerprint density at radius 1 is 0.722 bits per heavy atom. The van der Waals surface area contributed by atoms with Crippen molar-refractivity contribution in [1.82, 2.24) is 4.57 Å². The first-order chi connectivity index (χ1) is 17.7. The first-order valence-electron chi connectivity index (χ1n) is 13.1. The van der Waals surface area contributed by atoms with Gasteiger partial charge in [-0.3, -0.25) is 0 Å². The Morgan fingerprint density at radius 3 is 1.89 bits per heavy atom. The number of hydrogen-bond acceptors (Lipinski definition) is 0. The third kappa shape index (κ3) is 4.07. The maximum Gasteiger partial charge on any atom is 0.245 e. The van der Waals surface area contributed by atoms with Gasteiger partial charge in [0.05, 0.1) is 0 Å². The first-order valence-corrected chi connectivity index (χ1v) is 13.1. The molecule has 178 valence electrons. The highest BCUT2D eigenvalue weighted by Crippen LogP contribution is 2.41. The lowest BCUT2D eigenvalue weighted by atomic mass is 9.88. The predicted octanol–water partition coefficient (Wildman–Crippen LogP) is 7.89. The lowest BCUT2D eigenvalue weighted by Crippen LogP contribution is -2.44. The molecular weight excluding hydrogens is 436 g/mol. The van der Waals surface area contributed by atoms with Crippen molar-refractivity contribution in [2.75, 3.05) is 0 Å². The molecule has 2 heterocycles. The number of aromatic nitrogens is 2. The Labute approximate surface area is 214 Å². The summed E-state index contributed by atoms with van der Waals surface area (Å²) < 4.78 is 5.12. The summed E-state index contributed by atoms with van der Waals surface area (Å²) in [5.74, 6) is 0.628. The van der Waals surface area contributed by atoms with Crippen molar-refractivity contribution >= 4 is 0 Å². The second-order valence-corrected chi connectivity index (χ2v) is 10.4. The van der Waals surface area contributed by atoms with E-state index in [1.165, 1.54) is 39.2 Å². The minimum atomic E-state index is 0.0765. The summed E-state index contributed by atoms with van der Waals surface area (Å²) in [4.78, 5) is 0. The average Bonchev–Trinajstić information content (AvgIpc) is 3.31. The zero-order valence-corrected chi connectivity index (χ0v) is 21.1. The van der Waals surface area contributed by atoms with Gasteiger partial charge in [-0.2, -0.15) is 0 Å². The van der Waals surface area contributed by atoms with Crippen LogP contribution in [0.5, 0.6) is 0 Å². The molecule has 1 aromatic heterocycles. The molecule has 36 heavy (non-hydrogen) atoms.